The summed E-state index contributed by atoms with van der Waals surface area (Å²) in [5.41, 5.74) is 16.2. The van der Waals surface area contributed by atoms with Gasteiger partial charge < -0.3 is 4.42 Å². The van der Waals surface area contributed by atoms with Crippen LogP contribution in [0.5, 0.6) is 0 Å². The van der Waals surface area contributed by atoms with Gasteiger partial charge in [-0.05, 0) is 176 Å². The third-order valence-corrected chi connectivity index (χ3v) is 23.9. The predicted octanol–water partition coefficient (Wildman–Crippen LogP) is 27.8. The monoisotopic (exact) mass is 1600 g/mol. The minimum Gasteiger partial charge on any atom is -0.441 e. The van der Waals surface area contributed by atoms with Crippen LogP contribution in [0.3, 0.4) is 0 Å². The van der Waals surface area contributed by atoms with E-state index in [0.717, 1.165) is 90.1 Å². The molecule has 0 spiro atoms. The van der Waals surface area contributed by atoms with Crippen molar-refractivity contribution in [2.75, 3.05) is 0 Å². The number of aryl methyl sites for hydroxylation is 9. The highest BCUT2D eigenvalue weighted by Crippen LogP contribution is 2.44. The lowest BCUT2D eigenvalue weighted by atomic mass is 10.00. The number of benzene rings is 12. The molecule has 10 heterocycles. The van der Waals surface area contributed by atoms with Crippen molar-refractivity contribution < 1.29 is 4.42 Å². The maximum absolute atomic E-state index is 5.26. The lowest BCUT2D eigenvalue weighted by molar-refractivity contribution is 0.561. The third kappa shape index (κ3) is 19.8. The fourth-order valence-corrected chi connectivity index (χ4v) is 18.0. The van der Waals surface area contributed by atoms with Gasteiger partial charge in [0.1, 0.15) is 15.9 Å². The molecule has 18 heteroatoms. The quantitative estimate of drug-likeness (QED) is 0.142. The minimum absolute atomic E-state index is 0.558. The molecule has 1 aliphatic carbocycles. The lowest BCUT2D eigenvalue weighted by Gasteiger charge is -2.04. The molecule has 12 aromatic carbocycles. The molecular formula is C96H81N11OS6. The Labute approximate surface area is 686 Å². The fourth-order valence-electron chi connectivity index (χ4n) is 13.2. The Bertz CT molecular complexity index is 6220. The Morgan fingerprint density at radius 3 is 1.50 bits per heavy atom. The lowest BCUT2D eigenvalue weighted by Crippen LogP contribution is -1.87. The van der Waals surface area contributed by atoms with Crippen LogP contribution in [0, 0.1) is 62.3 Å². The molecule has 114 heavy (non-hydrogen) atoms. The molecule has 0 unspecified atom stereocenters. The zero-order valence-electron chi connectivity index (χ0n) is 64.7. The average Bonchev–Trinajstić information content (AvgIpc) is 1.63. The molecule has 0 saturated carbocycles. The SMILES string of the molecule is CC1c2ccccc2-c2ccccc21.Cc1ccc2ccccc2c1.Cc1cccc2ccccc12.Cc1nc2c(ccc3ccccc32)s1.Cc1nc2ccc3ccccc3c2s1.Cc1nc2ccccc2o1.Cc1nc2ccccc2s1.Cc1nc2cccnc2s1.Cc1nc2ncccc2s1.Cc1nc2nccnc2s1. The van der Waals surface area contributed by atoms with E-state index in [-0.39, 0.29) is 0 Å². The summed E-state index contributed by atoms with van der Waals surface area (Å²) in [7, 11) is 0. The van der Waals surface area contributed by atoms with E-state index in [1.54, 1.807) is 92.8 Å². The van der Waals surface area contributed by atoms with Gasteiger partial charge in [-0.1, -0.05) is 254 Å². The maximum Gasteiger partial charge on any atom is 0.192 e. The smallest absolute Gasteiger partial charge is 0.192 e. The van der Waals surface area contributed by atoms with Crippen LogP contribution in [0.2, 0.25) is 0 Å². The highest BCUT2D eigenvalue weighted by Gasteiger charge is 2.24. The molecule has 0 N–H and O–H groups in total. The van der Waals surface area contributed by atoms with Crippen LogP contribution >= 0.6 is 68.0 Å². The number of hydrogen-bond acceptors (Lipinski definition) is 18. The second-order valence-electron chi connectivity index (χ2n) is 26.7. The molecule has 0 aliphatic heterocycles. The van der Waals surface area contributed by atoms with Crippen molar-refractivity contribution in [3.63, 3.8) is 0 Å². The Morgan fingerprint density at radius 2 is 0.772 bits per heavy atom. The Hall–Kier alpha value is -12.1. The number of rotatable bonds is 0. The zero-order chi connectivity index (χ0) is 78.9. The topological polar surface area (TPSA) is 155 Å². The first-order valence-corrected chi connectivity index (χ1v) is 42.1. The highest BCUT2D eigenvalue weighted by molar-refractivity contribution is 7.20. The van der Waals surface area contributed by atoms with Crippen LogP contribution in [0.25, 0.3) is 127 Å². The van der Waals surface area contributed by atoms with Crippen LogP contribution in [-0.2, 0) is 0 Å². The highest BCUT2D eigenvalue weighted by atomic mass is 32.1. The zero-order valence-corrected chi connectivity index (χ0v) is 69.6. The van der Waals surface area contributed by atoms with Crippen LogP contribution in [0.15, 0.2) is 308 Å². The molecule has 1 aliphatic rings. The first-order valence-electron chi connectivity index (χ1n) is 37.2. The van der Waals surface area contributed by atoms with Gasteiger partial charge in [0.25, 0.3) is 0 Å². The summed E-state index contributed by atoms with van der Waals surface area (Å²) in [4.78, 5) is 48.5. The number of oxazole rings is 1. The number of hydrogen-bond donors (Lipinski definition) is 0. The maximum atomic E-state index is 5.26. The normalized spacial score (nSPS) is 11.0. The summed E-state index contributed by atoms with van der Waals surface area (Å²) in [6.07, 6.45) is 6.89. The number of fused-ring (bicyclic) bond motifs is 16. The second kappa shape index (κ2) is 37.5. The van der Waals surface area contributed by atoms with E-state index in [4.69, 9.17) is 4.42 Å². The summed E-state index contributed by atoms with van der Waals surface area (Å²) in [6.45, 7) is 20.5. The van der Waals surface area contributed by atoms with E-state index >= 15 is 0 Å². The summed E-state index contributed by atoms with van der Waals surface area (Å²) in [5.74, 6) is 1.28. The van der Waals surface area contributed by atoms with Crippen LogP contribution < -0.4 is 0 Å². The molecule has 0 amide bonds. The van der Waals surface area contributed by atoms with Gasteiger partial charge in [-0.25, -0.2) is 54.8 Å². The Kier molecular flexibility index (Phi) is 25.8. The number of nitrogens with zero attached hydrogens (tertiary/aromatic N) is 11. The van der Waals surface area contributed by atoms with Gasteiger partial charge in [0.15, 0.2) is 27.6 Å². The van der Waals surface area contributed by atoms with Crippen LogP contribution in [0.4, 0.5) is 0 Å². The van der Waals surface area contributed by atoms with Gasteiger partial charge in [-0.15, -0.1) is 45.3 Å². The number of para-hydroxylation sites is 3. The first-order chi connectivity index (χ1) is 55.6. The third-order valence-electron chi connectivity index (χ3n) is 18.3. The molecule has 23 rings (SSSR count). The molecule has 22 aromatic rings. The van der Waals surface area contributed by atoms with E-state index in [1.807, 2.05) is 101 Å². The molecule has 12 nitrogen and oxygen atoms in total. The molecule has 0 radical (unpaired) electrons. The van der Waals surface area contributed by atoms with Crippen LogP contribution in [0.1, 0.15) is 71.0 Å². The van der Waals surface area contributed by atoms with Crippen molar-refractivity contribution in [3.05, 3.63) is 362 Å². The Morgan fingerprint density at radius 1 is 0.289 bits per heavy atom. The van der Waals surface area contributed by atoms with E-state index in [0.29, 0.717) is 5.92 Å². The van der Waals surface area contributed by atoms with E-state index in [2.05, 4.69) is 302 Å². The van der Waals surface area contributed by atoms with Gasteiger partial charge >= 0.3 is 0 Å². The largest absolute Gasteiger partial charge is 0.441 e. The van der Waals surface area contributed by atoms with Gasteiger partial charge in [0.2, 0.25) is 0 Å². The predicted molar refractivity (Wildman–Crippen MR) is 488 cm³/mol. The standard InChI is InChI=1S/C14H12.2C12H9NS.2C11H10.C8H7NO.C8H7NS.2C7H6N2S.C6H5N3S/c1-10-11-6-2-4-8-13(11)14-9-5-3-7-12(10)14;1-8-13-12-10-5-3-2-4-9(10)6-7-11(12)14-8;1-8-13-11-7-6-9-4-2-3-5-10(9)12(11)14-8;1-9-5-4-7-10-6-2-3-8-11(9)10;1-9-6-7-10-4-2-3-5-11(10)8-9;2*1-6-9-7-4-2-3-5-8(7)10-6;1-5-9-7-6(10-5)3-2-4-8-7;1-5-9-6-3-2-4-8-7(6)10-5;1-4-9-5-6(10-4)8-3-2-7-5/h2-10H,1H3;2*2-7H,1H3;2*2-8H,1H3;2*2-5H,1H3;2*2-4H,1H3;2-3H,1H3. The van der Waals surface area contributed by atoms with Crippen molar-refractivity contribution in [3.8, 4) is 11.1 Å². The fraction of sp³-hybridized carbons (Fsp3) is 0.115. The summed E-state index contributed by atoms with van der Waals surface area (Å²) in [6, 6.07) is 96.3. The minimum atomic E-state index is 0.558. The van der Waals surface area contributed by atoms with Crippen molar-refractivity contribution in [1.29, 1.82) is 0 Å². The van der Waals surface area contributed by atoms with Gasteiger partial charge in [0.05, 0.1) is 65.4 Å². The molecule has 0 saturated heterocycles. The second-order valence-corrected chi connectivity index (χ2v) is 34.0. The summed E-state index contributed by atoms with van der Waals surface area (Å²) < 4.78 is 10.3. The van der Waals surface area contributed by atoms with E-state index in [9.17, 15) is 0 Å². The van der Waals surface area contributed by atoms with Crippen molar-refractivity contribution >= 4 is 184 Å². The number of thiazole rings is 6. The summed E-state index contributed by atoms with van der Waals surface area (Å²) in [5, 5.41) is 17.0. The molecule has 10 aromatic heterocycles. The molecule has 562 valence electrons. The number of pyridine rings is 2. The Balaban J connectivity index is 0.000000105. The molecule has 0 bridgehead atoms. The molecular weight excluding hydrogens is 1520 g/mol. The van der Waals surface area contributed by atoms with Crippen molar-refractivity contribution in [1.82, 2.24) is 54.8 Å². The van der Waals surface area contributed by atoms with Gasteiger partial charge in [0, 0.05) is 48.4 Å². The molecule has 0 atom stereocenters. The van der Waals surface area contributed by atoms with Crippen molar-refractivity contribution in [2.45, 2.75) is 75.2 Å². The van der Waals surface area contributed by atoms with E-state index in [1.165, 1.54) is 95.3 Å². The van der Waals surface area contributed by atoms with Crippen LogP contribution in [-0.4, -0.2) is 54.8 Å². The van der Waals surface area contributed by atoms with Crippen molar-refractivity contribution in [2.24, 2.45) is 0 Å². The average molecular weight is 1600 g/mol. The van der Waals surface area contributed by atoms with E-state index < -0.39 is 0 Å². The first kappa shape index (κ1) is 78.6. The number of aromatic nitrogens is 11. The van der Waals surface area contributed by atoms with Gasteiger partial charge in [-0.3, -0.25) is 0 Å². The van der Waals surface area contributed by atoms with Gasteiger partial charge in [-0.2, -0.15) is 0 Å². The summed E-state index contributed by atoms with van der Waals surface area (Å²) >= 11 is 10.1. The molecule has 0 fully saturated rings.